The normalized spacial score (nSPS) is 25.5. The molecule has 2 saturated heterocycles. The number of benzene rings is 2. The molecule has 0 aromatic heterocycles. The van der Waals surface area contributed by atoms with E-state index in [2.05, 4.69) is 60.0 Å². The van der Waals surface area contributed by atoms with Gasteiger partial charge in [0.1, 0.15) is 0 Å². The molecule has 2 fully saturated rings. The topological polar surface area (TPSA) is 38.8 Å². The predicted molar refractivity (Wildman–Crippen MR) is 126 cm³/mol. The van der Waals surface area contributed by atoms with Gasteiger partial charge in [0.05, 0.1) is 23.7 Å². The summed E-state index contributed by atoms with van der Waals surface area (Å²) in [7, 11) is -3.47. The minimum absolute atomic E-state index is 0.102. The summed E-state index contributed by atoms with van der Waals surface area (Å²) in [4.78, 5) is 2.38. The molecule has 0 radical (unpaired) electrons. The fourth-order valence-electron chi connectivity index (χ4n) is 4.98. The quantitative estimate of drug-likeness (QED) is 0.423. The molecule has 162 valence electrons. The molecule has 3 aliphatic rings. The Morgan fingerprint density at radius 3 is 2.03 bits per heavy atom. The molecule has 0 saturated carbocycles. The zero-order chi connectivity index (χ0) is 21.4. The summed E-state index contributed by atoms with van der Waals surface area (Å²) in [6.07, 6.45) is 5.33. The molecule has 5 heteroatoms. The van der Waals surface area contributed by atoms with Crippen LogP contribution >= 0.6 is 7.60 Å². The summed E-state index contributed by atoms with van der Waals surface area (Å²) in [6, 6.07) is 17.0. The molecule has 0 amide bonds. The van der Waals surface area contributed by atoms with Crippen LogP contribution in [0.15, 0.2) is 66.1 Å². The van der Waals surface area contributed by atoms with E-state index < -0.39 is 7.60 Å². The fourth-order valence-corrected chi connectivity index (χ4v) is 6.76. The molecule has 2 unspecified atom stereocenters. The lowest BCUT2D eigenvalue weighted by molar-refractivity contribution is 0.0962. The second-order valence-electron chi connectivity index (χ2n) is 8.70. The number of allylic oxidation sites excluding steroid dienone is 1. The third kappa shape index (κ3) is 3.71. The van der Waals surface area contributed by atoms with E-state index in [4.69, 9.17) is 9.05 Å². The molecule has 2 heterocycles. The van der Waals surface area contributed by atoms with Gasteiger partial charge in [0.25, 0.3) is 0 Å². The number of hydrogen-bond acceptors (Lipinski definition) is 4. The minimum atomic E-state index is -3.47. The van der Waals surface area contributed by atoms with Gasteiger partial charge in [-0.1, -0.05) is 68.0 Å². The summed E-state index contributed by atoms with van der Waals surface area (Å²) in [6.45, 7) is 8.62. The number of rotatable bonds is 3. The summed E-state index contributed by atoms with van der Waals surface area (Å²) >= 11 is 0. The van der Waals surface area contributed by atoms with Crippen LogP contribution in [0.2, 0.25) is 0 Å². The molecule has 2 aliphatic heterocycles. The summed E-state index contributed by atoms with van der Waals surface area (Å²) < 4.78 is 25.6. The van der Waals surface area contributed by atoms with Gasteiger partial charge in [0.2, 0.25) is 0 Å². The van der Waals surface area contributed by atoms with Crippen molar-refractivity contribution in [3.05, 3.63) is 77.2 Å². The Bertz CT molecular complexity index is 1030. The van der Waals surface area contributed by atoms with Gasteiger partial charge in [0.15, 0.2) is 0 Å². The van der Waals surface area contributed by atoms with E-state index in [1.165, 1.54) is 35.1 Å². The highest BCUT2D eigenvalue weighted by Crippen LogP contribution is 2.63. The van der Waals surface area contributed by atoms with Crippen molar-refractivity contribution >= 4 is 13.2 Å². The maximum Gasteiger partial charge on any atom is 0.363 e. The van der Waals surface area contributed by atoms with Gasteiger partial charge in [-0.2, -0.15) is 0 Å². The van der Waals surface area contributed by atoms with Crippen LogP contribution < -0.4 is 0 Å². The lowest BCUT2D eigenvalue weighted by atomic mass is 10.0. The average Bonchev–Trinajstić information content (AvgIpc) is 2.91. The Hall–Kier alpha value is -2.13. The first-order chi connectivity index (χ1) is 15.1. The van der Waals surface area contributed by atoms with E-state index >= 15 is 0 Å². The van der Waals surface area contributed by atoms with Crippen molar-refractivity contribution in [2.24, 2.45) is 0 Å². The summed E-state index contributed by atoms with van der Waals surface area (Å²) in [5.74, 6) is 0. The predicted octanol–water partition coefficient (Wildman–Crippen LogP) is 6.83. The van der Waals surface area contributed by atoms with Crippen molar-refractivity contribution in [1.29, 1.82) is 0 Å². The van der Waals surface area contributed by atoms with Crippen LogP contribution in [-0.2, 0) is 13.6 Å². The number of nitrogens with zero attached hydrogens (tertiary/aromatic N) is 1. The van der Waals surface area contributed by atoms with E-state index in [0.717, 1.165) is 43.6 Å². The van der Waals surface area contributed by atoms with Gasteiger partial charge in [-0.25, -0.2) is 0 Å². The Kier molecular flexibility index (Phi) is 5.64. The van der Waals surface area contributed by atoms with E-state index in [1.807, 2.05) is 6.92 Å². The zero-order valence-electron chi connectivity index (χ0n) is 18.2. The second kappa shape index (κ2) is 8.43. The van der Waals surface area contributed by atoms with E-state index in [9.17, 15) is 4.57 Å². The van der Waals surface area contributed by atoms with Gasteiger partial charge < -0.3 is 13.9 Å². The largest absolute Gasteiger partial charge is 0.370 e. The van der Waals surface area contributed by atoms with E-state index in [0.29, 0.717) is 11.9 Å². The van der Waals surface area contributed by atoms with Crippen molar-refractivity contribution in [3.63, 3.8) is 0 Å². The molecule has 0 N–H and O–H groups in total. The minimum Gasteiger partial charge on any atom is -0.370 e. The molecule has 1 aliphatic carbocycles. The Labute approximate surface area is 185 Å². The first-order valence-corrected chi connectivity index (χ1v) is 12.9. The second-order valence-corrected chi connectivity index (χ2v) is 10.7. The van der Waals surface area contributed by atoms with Gasteiger partial charge in [-0.05, 0) is 48.4 Å². The van der Waals surface area contributed by atoms with E-state index in [-0.39, 0.29) is 6.10 Å². The van der Waals surface area contributed by atoms with E-state index in [1.54, 1.807) is 0 Å². The molecule has 31 heavy (non-hydrogen) atoms. The standard InChI is InChI=1S/C26H30NO3P/c1-19-15-18-29-31(28,30-19)20(2)26(27-16-9-3-4-10-17-27)25-23-13-7-5-11-21(23)22-12-6-8-14-24(22)25/h5-8,11-14,19H,2-4,9-10,15-18H2,1H3. The number of likely N-dealkylation sites (tertiary alicyclic amines) is 1. The van der Waals surface area contributed by atoms with Crippen molar-refractivity contribution in [3.8, 4) is 11.1 Å². The smallest absolute Gasteiger partial charge is 0.363 e. The first kappa shape index (κ1) is 20.8. The number of fused-ring (bicyclic) bond motifs is 3. The average molecular weight is 436 g/mol. The molecule has 2 aromatic rings. The maximum absolute atomic E-state index is 13.9. The van der Waals surface area contributed by atoms with Crippen LogP contribution in [0.5, 0.6) is 0 Å². The fraction of sp³-hybridized carbons (Fsp3) is 0.385. The third-order valence-electron chi connectivity index (χ3n) is 6.55. The van der Waals surface area contributed by atoms with Crippen LogP contribution in [0.1, 0.15) is 50.2 Å². The van der Waals surface area contributed by atoms with Crippen molar-refractivity contribution < 1.29 is 13.6 Å². The highest BCUT2D eigenvalue weighted by Gasteiger charge is 2.40. The van der Waals surface area contributed by atoms with Gasteiger partial charge in [-0.15, -0.1) is 0 Å². The molecule has 0 bridgehead atoms. The molecule has 0 spiro atoms. The van der Waals surface area contributed by atoms with Crippen LogP contribution in [0, 0.1) is 0 Å². The van der Waals surface area contributed by atoms with Crippen LogP contribution in [0.25, 0.3) is 16.7 Å². The van der Waals surface area contributed by atoms with Crippen molar-refractivity contribution in [1.82, 2.24) is 4.90 Å². The lowest BCUT2D eigenvalue weighted by Gasteiger charge is -2.35. The third-order valence-corrected chi connectivity index (χ3v) is 8.58. The van der Waals surface area contributed by atoms with Gasteiger partial charge >= 0.3 is 7.60 Å². The molecular weight excluding hydrogens is 405 g/mol. The SMILES string of the molecule is C=C(C(=C1c2ccccc2-c2ccccc21)N1CCCCCC1)P1(=O)OCCC(C)O1. The highest BCUT2D eigenvalue weighted by atomic mass is 31.2. The number of hydrogen-bond donors (Lipinski definition) is 0. The summed E-state index contributed by atoms with van der Waals surface area (Å²) in [5.41, 5.74) is 6.81. The molecule has 5 rings (SSSR count). The molecular formula is C26H30NO3P. The molecule has 2 atom stereocenters. The lowest BCUT2D eigenvalue weighted by Crippen LogP contribution is -2.28. The Balaban J connectivity index is 1.74. The zero-order valence-corrected chi connectivity index (χ0v) is 19.1. The first-order valence-electron chi connectivity index (χ1n) is 11.4. The van der Waals surface area contributed by atoms with Gasteiger partial charge in [-0.3, -0.25) is 4.57 Å². The van der Waals surface area contributed by atoms with Crippen LogP contribution in [0.3, 0.4) is 0 Å². The van der Waals surface area contributed by atoms with Crippen molar-refractivity contribution in [2.45, 2.75) is 45.1 Å². The monoisotopic (exact) mass is 435 g/mol. The molecule has 4 nitrogen and oxygen atoms in total. The van der Waals surface area contributed by atoms with Gasteiger partial charge in [0, 0.05) is 18.7 Å². The molecule has 2 aromatic carbocycles. The Morgan fingerprint density at radius 2 is 1.48 bits per heavy atom. The van der Waals surface area contributed by atoms with Crippen LogP contribution in [0.4, 0.5) is 0 Å². The van der Waals surface area contributed by atoms with Crippen molar-refractivity contribution in [2.75, 3.05) is 19.7 Å². The summed E-state index contributed by atoms with van der Waals surface area (Å²) in [5, 5.41) is 0.502. The van der Waals surface area contributed by atoms with Crippen LogP contribution in [-0.4, -0.2) is 30.7 Å². The highest BCUT2D eigenvalue weighted by molar-refractivity contribution is 7.58. The maximum atomic E-state index is 13.9. The Morgan fingerprint density at radius 1 is 0.935 bits per heavy atom.